The third kappa shape index (κ3) is 5.10. The first-order chi connectivity index (χ1) is 13.8. The van der Waals surface area contributed by atoms with Crippen molar-refractivity contribution in [2.75, 3.05) is 43.5 Å². The summed E-state index contributed by atoms with van der Waals surface area (Å²) in [6, 6.07) is 16.1. The van der Waals surface area contributed by atoms with E-state index in [0.717, 1.165) is 43.3 Å². The second kappa shape index (κ2) is 8.87. The smallest absolute Gasteiger partial charge is 0.241 e. The van der Waals surface area contributed by atoms with Crippen molar-refractivity contribution >= 4 is 17.3 Å². The summed E-state index contributed by atoms with van der Waals surface area (Å²) >= 11 is 0. The molecule has 1 fully saturated rings. The van der Waals surface area contributed by atoms with Crippen LogP contribution < -0.4 is 15.0 Å². The molecule has 156 valence electrons. The molecule has 1 heterocycles. The molecular weight excluding hydrogens is 362 g/mol. The van der Waals surface area contributed by atoms with Crippen LogP contribution in [0.5, 0.6) is 5.75 Å². The van der Waals surface area contributed by atoms with Crippen molar-refractivity contribution in [2.24, 2.45) is 0 Å². The molecule has 2 aromatic rings. The Hall–Kier alpha value is -2.53. The third-order valence-electron chi connectivity index (χ3n) is 5.69. The standard InChI is InChI=1S/C24H33N3O2/c1-18(23(28)25-20-12-10-19(11-13-20)24(2,3)4)26-14-16-27(17-15-26)21-8-6-7-9-22(21)29-5/h6-13,18H,14-17H2,1-5H3,(H,25,28). The number of hydrogen-bond acceptors (Lipinski definition) is 4. The highest BCUT2D eigenvalue weighted by Crippen LogP contribution is 2.28. The molecule has 1 aliphatic rings. The maximum Gasteiger partial charge on any atom is 0.241 e. The zero-order valence-electron chi connectivity index (χ0n) is 18.2. The molecule has 0 bridgehead atoms. The molecule has 3 rings (SSSR count). The summed E-state index contributed by atoms with van der Waals surface area (Å²) < 4.78 is 5.49. The summed E-state index contributed by atoms with van der Waals surface area (Å²) in [5.74, 6) is 0.935. The summed E-state index contributed by atoms with van der Waals surface area (Å²) in [6.45, 7) is 12.0. The molecule has 0 radical (unpaired) electrons. The van der Waals surface area contributed by atoms with Crippen LogP contribution in [0, 0.1) is 0 Å². The number of methoxy groups -OCH3 is 1. The predicted molar refractivity (Wildman–Crippen MR) is 120 cm³/mol. The lowest BCUT2D eigenvalue weighted by molar-refractivity contribution is -0.120. The van der Waals surface area contributed by atoms with Crippen molar-refractivity contribution in [3.05, 3.63) is 54.1 Å². The number of benzene rings is 2. The average Bonchev–Trinajstić information content (AvgIpc) is 2.73. The fourth-order valence-electron chi connectivity index (χ4n) is 3.71. The van der Waals surface area contributed by atoms with Crippen LogP contribution in [0.1, 0.15) is 33.3 Å². The van der Waals surface area contributed by atoms with E-state index in [1.165, 1.54) is 5.56 Å². The number of rotatable bonds is 5. The molecule has 1 amide bonds. The summed E-state index contributed by atoms with van der Waals surface area (Å²) in [7, 11) is 1.70. The highest BCUT2D eigenvalue weighted by atomic mass is 16.5. The average molecular weight is 396 g/mol. The summed E-state index contributed by atoms with van der Waals surface area (Å²) in [6.07, 6.45) is 0. The molecule has 1 unspecified atom stereocenters. The minimum atomic E-state index is -0.169. The van der Waals surface area contributed by atoms with Crippen molar-refractivity contribution in [1.29, 1.82) is 0 Å². The van der Waals surface area contributed by atoms with Crippen molar-refractivity contribution in [1.82, 2.24) is 4.90 Å². The number of carbonyl (C=O) groups excluding carboxylic acids is 1. The number of hydrogen-bond donors (Lipinski definition) is 1. The lowest BCUT2D eigenvalue weighted by atomic mass is 9.87. The molecule has 5 nitrogen and oxygen atoms in total. The van der Waals surface area contributed by atoms with E-state index < -0.39 is 0 Å². The maximum absolute atomic E-state index is 12.8. The Bertz CT molecular complexity index is 819. The van der Waals surface area contributed by atoms with Crippen LogP contribution in [0.3, 0.4) is 0 Å². The Kier molecular flexibility index (Phi) is 6.48. The second-order valence-corrected chi connectivity index (χ2v) is 8.69. The van der Waals surface area contributed by atoms with E-state index in [9.17, 15) is 4.79 Å². The number of ether oxygens (including phenoxy) is 1. The van der Waals surface area contributed by atoms with Crippen molar-refractivity contribution in [2.45, 2.75) is 39.2 Å². The monoisotopic (exact) mass is 395 g/mol. The molecule has 5 heteroatoms. The zero-order valence-corrected chi connectivity index (χ0v) is 18.2. The number of carbonyl (C=O) groups is 1. The molecule has 0 spiro atoms. The molecule has 0 aliphatic carbocycles. The summed E-state index contributed by atoms with van der Waals surface area (Å²) in [4.78, 5) is 17.3. The Morgan fingerprint density at radius 2 is 1.62 bits per heavy atom. The van der Waals surface area contributed by atoms with Crippen molar-refractivity contribution in [3.8, 4) is 5.75 Å². The maximum atomic E-state index is 12.8. The molecule has 1 N–H and O–H groups in total. The molecule has 1 atom stereocenters. The molecular formula is C24H33N3O2. The number of para-hydroxylation sites is 2. The molecule has 1 aliphatic heterocycles. The molecule has 29 heavy (non-hydrogen) atoms. The summed E-state index contributed by atoms with van der Waals surface area (Å²) in [5.41, 5.74) is 3.33. The molecule has 1 saturated heterocycles. The van der Waals surface area contributed by atoms with Gasteiger partial charge in [-0.05, 0) is 42.2 Å². The first-order valence-electron chi connectivity index (χ1n) is 10.3. The fourth-order valence-corrected chi connectivity index (χ4v) is 3.71. The fraction of sp³-hybridized carbons (Fsp3) is 0.458. The molecule has 0 saturated carbocycles. The topological polar surface area (TPSA) is 44.8 Å². The van der Waals surface area contributed by atoms with Gasteiger partial charge >= 0.3 is 0 Å². The Morgan fingerprint density at radius 1 is 1.00 bits per heavy atom. The van der Waals surface area contributed by atoms with Crippen molar-refractivity contribution in [3.63, 3.8) is 0 Å². The largest absolute Gasteiger partial charge is 0.495 e. The number of anilines is 2. The Labute approximate surface area is 174 Å². The van der Waals surface area contributed by atoms with Gasteiger partial charge in [0.15, 0.2) is 0 Å². The van der Waals surface area contributed by atoms with Crippen LogP contribution in [0.4, 0.5) is 11.4 Å². The van der Waals surface area contributed by atoms with Gasteiger partial charge in [-0.3, -0.25) is 9.69 Å². The van der Waals surface area contributed by atoms with Crippen LogP contribution >= 0.6 is 0 Å². The quantitative estimate of drug-likeness (QED) is 0.826. The van der Waals surface area contributed by atoms with Gasteiger partial charge in [0, 0.05) is 31.9 Å². The van der Waals surface area contributed by atoms with Crippen molar-refractivity contribution < 1.29 is 9.53 Å². The van der Waals surface area contributed by atoms with Gasteiger partial charge < -0.3 is 15.0 Å². The normalized spacial score (nSPS) is 16.4. The number of nitrogens with zero attached hydrogens (tertiary/aromatic N) is 2. The molecule has 2 aromatic carbocycles. The number of piperazine rings is 1. The van der Waals surface area contributed by atoms with Crippen LogP contribution in [-0.4, -0.2) is 50.1 Å². The van der Waals surface area contributed by atoms with Gasteiger partial charge in [-0.25, -0.2) is 0 Å². The number of amides is 1. The van der Waals surface area contributed by atoms with Gasteiger partial charge in [0.1, 0.15) is 5.75 Å². The second-order valence-electron chi connectivity index (χ2n) is 8.69. The van der Waals surface area contributed by atoms with E-state index in [1.807, 2.05) is 37.3 Å². The first kappa shape index (κ1) is 21.2. The highest BCUT2D eigenvalue weighted by Gasteiger charge is 2.26. The van der Waals surface area contributed by atoms with Crippen LogP contribution in [0.25, 0.3) is 0 Å². The highest BCUT2D eigenvalue weighted by molar-refractivity contribution is 5.94. The van der Waals surface area contributed by atoms with E-state index >= 15 is 0 Å². The van der Waals surface area contributed by atoms with Gasteiger partial charge in [-0.2, -0.15) is 0 Å². The van der Waals surface area contributed by atoms with Gasteiger partial charge in [0.2, 0.25) is 5.91 Å². The van der Waals surface area contributed by atoms with Crippen LogP contribution in [-0.2, 0) is 10.2 Å². The van der Waals surface area contributed by atoms with Gasteiger partial charge in [-0.15, -0.1) is 0 Å². The minimum absolute atomic E-state index is 0.0410. The van der Waals surface area contributed by atoms with E-state index in [4.69, 9.17) is 4.74 Å². The van der Waals surface area contributed by atoms with Gasteiger partial charge in [0.25, 0.3) is 0 Å². The lowest BCUT2D eigenvalue weighted by Gasteiger charge is -2.38. The minimum Gasteiger partial charge on any atom is -0.495 e. The van der Waals surface area contributed by atoms with E-state index in [0.29, 0.717) is 0 Å². The Balaban J connectivity index is 1.56. The lowest BCUT2D eigenvalue weighted by Crippen LogP contribution is -2.52. The SMILES string of the molecule is COc1ccccc1N1CCN(C(C)C(=O)Nc2ccc(C(C)(C)C)cc2)CC1. The van der Waals surface area contributed by atoms with Gasteiger partial charge in [0.05, 0.1) is 18.8 Å². The molecule has 0 aromatic heterocycles. The number of nitrogens with one attached hydrogen (secondary N) is 1. The predicted octanol–water partition coefficient (Wildman–Crippen LogP) is 4.14. The summed E-state index contributed by atoms with van der Waals surface area (Å²) in [5, 5.41) is 3.06. The Morgan fingerprint density at radius 3 is 2.21 bits per heavy atom. The van der Waals surface area contributed by atoms with E-state index in [2.05, 4.69) is 54.1 Å². The third-order valence-corrected chi connectivity index (χ3v) is 5.69. The van der Waals surface area contributed by atoms with E-state index in [1.54, 1.807) is 7.11 Å². The van der Waals surface area contributed by atoms with E-state index in [-0.39, 0.29) is 17.4 Å². The first-order valence-corrected chi connectivity index (χ1v) is 10.3. The van der Waals surface area contributed by atoms with Crippen LogP contribution in [0.2, 0.25) is 0 Å². The van der Waals surface area contributed by atoms with Gasteiger partial charge in [-0.1, -0.05) is 45.0 Å². The zero-order chi connectivity index (χ0) is 21.0. The van der Waals surface area contributed by atoms with Crippen LogP contribution in [0.15, 0.2) is 48.5 Å².